The molecule has 0 fully saturated rings. The minimum atomic E-state index is -4.01. The quantitative estimate of drug-likeness (QED) is 0.671. The van der Waals surface area contributed by atoms with Gasteiger partial charge in [0.25, 0.3) is 5.91 Å². The Balaban J connectivity index is 2.09. The lowest BCUT2D eigenvalue weighted by molar-refractivity contribution is 0.0823. The van der Waals surface area contributed by atoms with Crippen molar-refractivity contribution in [1.29, 1.82) is 0 Å². The van der Waals surface area contributed by atoms with Gasteiger partial charge in [-0.05, 0) is 23.8 Å². The molecule has 0 atom stereocenters. The lowest BCUT2D eigenvalue weighted by atomic mass is 10.1. The summed E-state index contributed by atoms with van der Waals surface area (Å²) in [6.07, 6.45) is 0. The number of hydrogen-bond donors (Lipinski definition) is 1. The molecule has 3 aromatic rings. The number of phenols is 1. The first-order chi connectivity index (χ1) is 13.8. The molecule has 0 aliphatic carbocycles. The molecule has 1 N–H and O–H groups in total. The summed E-state index contributed by atoms with van der Waals surface area (Å²) < 4.78 is 32.1. The lowest BCUT2D eigenvalue weighted by Crippen LogP contribution is -2.24. The van der Waals surface area contributed by atoms with Crippen LogP contribution in [-0.4, -0.2) is 38.4 Å². The molecule has 0 radical (unpaired) electrons. The van der Waals surface area contributed by atoms with Gasteiger partial charge < -0.3 is 14.7 Å². The molecule has 3 rings (SSSR count). The first kappa shape index (κ1) is 20.4. The van der Waals surface area contributed by atoms with Crippen molar-refractivity contribution in [1.82, 2.24) is 4.90 Å². The molecule has 0 aliphatic heterocycles. The fourth-order valence-electron chi connectivity index (χ4n) is 2.76. The van der Waals surface area contributed by atoms with Crippen LogP contribution >= 0.6 is 0 Å². The van der Waals surface area contributed by atoms with E-state index in [0.29, 0.717) is 0 Å². The third-order valence-corrected chi connectivity index (χ3v) is 6.09. The van der Waals surface area contributed by atoms with E-state index in [4.69, 9.17) is 4.74 Å². The molecule has 0 unspecified atom stereocenters. The second-order valence-corrected chi connectivity index (χ2v) is 8.52. The van der Waals surface area contributed by atoms with Gasteiger partial charge >= 0.3 is 0 Å². The molecule has 1 amide bonds. The maximum Gasteiger partial charge on any atom is 0.254 e. The van der Waals surface area contributed by atoms with Crippen LogP contribution in [0.1, 0.15) is 15.9 Å². The van der Waals surface area contributed by atoms with Crippen molar-refractivity contribution in [2.75, 3.05) is 14.1 Å². The number of sulfone groups is 1. The van der Waals surface area contributed by atoms with Gasteiger partial charge in [0.05, 0.1) is 15.4 Å². The van der Waals surface area contributed by atoms with Crippen LogP contribution in [-0.2, 0) is 16.4 Å². The van der Waals surface area contributed by atoms with E-state index in [1.165, 1.54) is 37.2 Å². The maximum absolute atomic E-state index is 13.2. The molecule has 3 aromatic carbocycles. The highest BCUT2D eigenvalue weighted by atomic mass is 32.2. The normalized spacial score (nSPS) is 11.1. The number of phenolic OH excluding ortho intramolecular Hbond substituents is 1. The van der Waals surface area contributed by atoms with Crippen molar-refractivity contribution in [2.24, 2.45) is 0 Å². The molecule has 0 aliphatic rings. The first-order valence-electron chi connectivity index (χ1n) is 8.86. The average molecular weight is 411 g/mol. The van der Waals surface area contributed by atoms with Crippen LogP contribution in [0.4, 0.5) is 0 Å². The third-order valence-electron chi connectivity index (χ3n) is 4.28. The van der Waals surface area contributed by atoms with Crippen LogP contribution in [0, 0.1) is 0 Å². The minimum absolute atomic E-state index is 0.0151. The number of ether oxygens (including phenoxy) is 1. The maximum atomic E-state index is 13.2. The Hall–Kier alpha value is -3.32. The Labute approximate surface area is 169 Å². The van der Waals surface area contributed by atoms with Gasteiger partial charge in [-0.2, -0.15) is 0 Å². The van der Waals surface area contributed by atoms with Crippen LogP contribution in [0.5, 0.6) is 11.5 Å². The topological polar surface area (TPSA) is 83.9 Å². The van der Waals surface area contributed by atoms with E-state index in [2.05, 4.69) is 0 Å². The number of rotatable bonds is 6. The number of aromatic hydroxyl groups is 1. The van der Waals surface area contributed by atoms with Gasteiger partial charge in [-0.1, -0.05) is 48.5 Å². The minimum Gasteiger partial charge on any atom is -0.504 e. The van der Waals surface area contributed by atoms with Crippen LogP contribution in [0.15, 0.2) is 82.6 Å². The highest BCUT2D eigenvalue weighted by Crippen LogP contribution is 2.35. The summed E-state index contributed by atoms with van der Waals surface area (Å²) in [7, 11) is -0.985. The van der Waals surface area contributed by atoms with E-state index >= 15 is 0 Å². The Kier molecular flexibility index (Phi) is 5.89. The number of benzene rings is 3. The number of carbonyl (C=O) groups excluding carboxylic acids is 1. The molecule has 0 saturated heterocycles. The predicted octanol–water partition coefficient (Wildman–Crippen LogP) is 3.51. The molecular weight excluding hydrogens is 390 g/mol. The lowest BCUT2D eigenvalue weighted by Gasteiger charge is -2.17. The molecule has 0 heterocycles. The molecule has 0 aromatic heterocycles. The Morgan fingerprint density at radius 2 is 1.55 bits per heavy atom. The van der Waals surface area contributed by atoms with E-state index < -0.39 is 15.7 Å². The molecular formula is C22H21NO5S. The Morgan fingerprint density at radius 3 is 2.14 bits per heavy atom. The first-order valence-corrected chi connectivity index (χ1v) is 10.3. The molecule has 29 heavy (non-hydrogen) atoms. The van der Waals surface area contributed by atoms with Crippen LogP contribution in [0.3, 0.4) is 0 Å². The number of amides is 1. The Bertz CT molecular complexity index is 1110. The zero-order valence-electron chi connectivity index (χ0n) is 16.1. The van der Waals surface area contributed by atoms with Crippen molar-refractivity contribution in [3.8, 4) is 11.5 Å². The number of hydrogen-bond acceptors (Lipinski definition) is 5. The van der Waals surface area contributed by atoms with Crippen molar-refractivity contribution in [3.63, 3.8) is 0 Å². The zero-order valence-corrected chi connectivity index (χ0v) is 16.9. The van der Waals surface area contributed by atoms with Gasteiger partial charge in [0, 0.05) is 20.2 Å². The average Bonchev–Trinajstić information content (AvgIpc) is 2.73. The van der Waals surface area contributed by atoms with Gasteiger partial charge in [0.2, 0.25) is 9.84 Å². The van der Waals surface area contributed by atoms with Crippen molar-refractivity contribution >= 4 is 15.7 Å². The van der Waals surface area contributed by atoms with Gasteiger partial charge in [-0.25, -0.2) is 8.42 Å². The van der Waals surface area contributed by atoms with Crippen LogP contribution in [0.2, 0.25) is 0 Å². The van der Waals surface area contributed by atoms with Crippen molar-refractivity contribution < 1.29 is 23.1 Å². The largest absolute Gasteiger partial charge is 0.504 e. The van der Waals surface area contributed by atoms with Crippen molar-refractivity contribution in [3.05, 3.63) is 83.9 Å². The van der Waals surface area contributed by atoms with Crippen molar-refractivity contribution in [2.45, 2.75) is 16.4 Å². The smallest absolute Gasteiger partial charge is 0.254 e. The SMILES string of the molecule is CN(C)C(=O)c1cc(O)c(OCc2ccccc2)cc1S(=O)(=O)c1ccccc1. The van der Waals surface area contributed by atoms with Gasteiger partial charge in [0.1, 0.15) is 6.61 Å². The monoisotopic (exact) mass is 411 g/mol. The van der Waals surface area contributed by atoms with Gasteiger partial charge in [-0.15, -0.1) is 0 Å². The van der Waals surface area contributed by atoms with Gasteiger partial charge in [0.15, 0.2) is 11.5 Å². The fraction of sp³-hybridized carbons (Fsp3) is 0.136. The van der Waals surface area contributed by atoms with Crippen LogP contribution < -0.4 is 4.74 Å². The molecule has 150 valence electrons. The summed E-state index contributed by atoms with van der Waals surface area (Å²) >= 11 is 0. The molecule has 0 saturated carbocycles. The Morgan fingerprint density at radius 1 is 0.966 bits per heavy atom. The highest BCUT2D eigenvalue weighted by Gasteiger charge is 2.28. The molecule has 0 spiro atoms. The van der Waals surface area contributed by atoms with E-state index in [-0.39, 0.29) is 33.5 Å². The zero-order chi connectivity index (χ0) is 21.0. The number of carbonyl (C=O) groups is 1. The molecule has 7 heteroatoms. The summed E-state index contributed by atoms with van der Waals surface area (Å²) in [5, 5.41) is 10.4. The summed E-state index contributed by atoms with van der Waals surface area (Å²) in [4.78, 5) is 13.7. The van der Waals surface area contributed by atoms with Crippen LogP contribution in [0.25, 0.3) is 0 Å². The molecule has 6 nitrogen and oxygen atoms in total. The predicted molar refractivity (Wildman–Crippen MR) is 109 cm³/mol. The summed E-state index contributed by atoms with van der Waals surface area (Å²) in [6, 6.07) is 19.4. The number of nitrogens with zero attached hydrogens (tertiary/aromatic N) is 1. The summed E-state index contributed by atoms with van der Waals surface area (Å²) in [6.45, 7) is 0.139. The fourth-order valence-corrected chi connectivity index (χ4v) is 4.22. The standard InChI is InChI=1S/C22H21NO5S/c1-23(2)22(25)18-13-19(24)20(28-15-16-9-5-3-6-10-16)14-21(18)29(26,27)17-11-7-4-8-12-17/h3-14,24H,15H2,1-2H3. The van der Waals surface area contributed by atoms with E-state index in [1.807, 2.05) is 30.3 Å². The second-order valence-electron chi connectivity index (χ2n) is 6.61. The summed E-state index contributed by atoms with van der Waals surface area (Å²) in [5.41, 5.74) is 0.733. The van der Waals surface area contributed by atoms with E-state index in [0.717, 1.165) is 11.6 Å². The third kappa shape index (κ3) is 4.41. The second kappa shape index (κ2) is 8.36. The van der Waals surface area contributed by atoms with Gasteiger partial charge in [-0.3, -0.25) is 4.79 Å². The summed E-state index contributed by atoms with van der Waals surface area (Å²) in [5.74, 6) is -0.860. The molecule has 0 bridgehead atoms. The van der Waals surface area contributed by atoms with E-state index in [1.54, 1.807) is 18.2 Å². The van der Waals surface area contributed by atoms with E-state index in [9.17, 15) is 18.3 Å². The highest BCUT2D eigenvalue weighted by molar-refractivity contribution is 7.91.